The zero-order valence-electron chi connectivity index (χ0n) is 11.0. The summed E-state index contributed by atoms with van der Waals surface area (Å²) in [5.41, 5.74) is 4.76. The predicted molar refractivity (Wildman–Crippen MR) is 78.5 cm³/mol. The molecule has 4 nitrogen and oxygen atoms in total. The summed E-state index contributed by atoms with van der Waals surface area (Å²) in [5.74, 6) is 0.780. The first-order valence-electron chi connectivity index (χ1n) is 6.31. The van der Waals surface area contributed by atoms with Crippen LogP contribution in [0.5, 0.6) is 0 Å². The van der Waals surface area contributed by atoms with Crippen LogP contribution in [0.15, 0.2) is 64.0 Å². The van der Waals surface area contributed by atoms with Crippen LogP contribution in [0.2, 0.25) is 0 Å². The SMILES string of the molecule is Cc1ccc2oc(C(=Nc3ccccc3)NO)cc2c1. The first kappa shape index (κ1) is 12.4. The maximum absolute atomic E-state index is 9.28. The number of fused-ring (bicyclic) bond motifs is 1. The van der Waals surface area contributed by atoms with E-state index in [0.29, 0.717) is 5.76 Å². The van der Waals surface area contributed by atoms with Gasteiger partial charge in [-0.25, -0.2) is 10.5 Å². The van der Waals surface area contributed by atoms with Crippen LogP contribution < -0.4 is 5.48 Å². The summed E-state index contributed by atoms with van der Waals surface area (Å²) in [7, 11) is 0. The first-order chi connectivity index (χ1) is 9.76. The number of amidine groups is 1. The summed E-state index contributed by atoms with van der Waals surface area (Å²) in [6, 6.07) is 17.2. The molecule has 0 bridgehead atoms. The van der Waals surface area contributed by atoms with Gasteiger partial charge in [-0.05, 0) is 37.3 Å². The Bertz CT molecular complexity index is 761. The van der Waals surface area contributed by atoms with Gasteiger partial charge in [-0.2, -0.15) is 0 Å². The van der Waals surface area contributed by atoms with Crippen molar-refractivity contribution in [2.24, 2.45) is 4.99 Å². The molecular weight excluding hydrogens is 252 g/mol. The Morgan fingerprint density at radius 1 is 1.10 bits per heavy atom. The minimum absolute atomic E-state index is 0.282. The Balaban J connectivity index is 2.05. The van der Waals surface area contributed by atoms with Crippen LogP contribution in [0.4, 0.5) is 5.69 Å². The van der Waals surface area contributed by atoms with E-state index in [0.717, 1.165) is 22.2 Å². The van der Waals surface area contributed by atoms with Gasteiger partial charge in [0.15, 0.2) is 11.6 Å². The number of benzene rings is 2. The van der Waals surface area contributed by atoms with E-state index >= 15 is 0 Å². The second-order valence-corrected chi connectivity index (χ2v) is 4.56. The van der Waals surface area contributed by atoms with Crippen LogP contribution in [0.25, 0.3) is 11.0 Å². The lowest BCUT2D eigenvalue weighted by molar-refractivity contribution is 0.233. The molecule has 3 rings (SSSR count). The number of hydrogen-bond donors (Lipinski definition) is 2. The van der Waals surface area contributed by atoms with Crippen molar-refractivity contribution in [1.29, 1.82) is 0 Å². The molecule has 0 unspecified atom stereocenters. The number of hydrogen-bond acceptors (Lipinski definition) is 3. The highest BCUT2D eigenvalue weighted by molar-refractivity contribution is 6.00. The Morgan fingerprint density at radius 3 is 2.65 bits per heavy atom. The molecule has 4 heteroatoms. The Kier molecular flexibility index (Phi) is 3.23. The van der Waals surface area contributed by atoms with Crippen molar-refractivity contribution in [3.8, 4) is 0 Å². The van der Waals surface area contributed by atoms with Gasteiger partial charge in [0.1, 0.15) is 5.58 Å². The topological polar surface area (TPSA) is 57.8 Å². The van der Waals surface area contributed by atoms with E-state index < -0.39 is 0 Å². The number of para-hydroxylation sites is 1. The third kappa shape index (κ3) is 2.41. The number of nitrogens with one attached hydrogen (secondary N) is 1. The van der Waals surface area contributed by atoms with Crippen LogP contribution in [-0.4, -0.2) is 11.0 Å². The summed E-state index contributed by atoms with van der Waals surface area (Å²) in [6.07, 6.45) is 0. The standard InChI is InChI=1S/C16H14N2O2/c1-11-7-8-14-12(9-11)10-15(20-14)16(18-19)17-13-5-3-2-4-6-13/h2-10,19H,1H3,(H,17,18). The molecule has 0 fully saturated rings. The van der Waals surface area contributed by atoms with Gasteiger partial charge in [0.05, 0.1) is 5.69 Å². The molecule has 1 aromatic heterocycles. The molecule has 2 N–H and O–H groups in total. The molecule has 100 valence electrons. The van der Waals surface area contributed by atoms with Gasteiger partial charge in [-0.3, -0.25) is 5.21 Å². The molecule has 0 amide bonds. The highest BCUT2D eigenvalue weighted by Gasteiger charge is 2.10. The summed E-state index contributed by atoms with van der Waals surface area (Å²) in [6.45, 7) is 2.02. The van der Waals surface area contributed by atoms with Gasteiger partial charge in [0.2, 0.25) is 0 Å². The van der Waals surface area contributed by atoms with Crippen molar-refractivity contribution in [3.05, 3.63) is 65.9 Å². The lowest BCUT2D eigenvalue weighted by Gasteiger charge is -2.00. The zero-order chi connectivity index (χ0) is 13.9. The molecule has 0 atom stereocenters. The second kappa shape index (κ2) is 5.19. The van der Waals surface area contributed by atoms with Gasteiger partial charge < -0.3 is 4.42 Å². The van der Waals surface area contributed by atoms with Crippen molar-refractivity contribution >= 4 is 22.5 Å². The number of furan rings is 1. The van der Waals surface area contributed by atoms with Crippen LogP contribution in [0.1, 0.15) is 11.3 Å². The van der Waals surface area contributed by atoms with E-state index in [9.17, 15) is 5.21 Å². The fourth-order valence-electron chi connectivity index (χ4n) is 2.05. The Hall–Kier alpha value is -2.59. The predicted octanol–water partition coefficient (Wildman–Crippen LogP) is 3.80. The zero-order valence-corrected chi connectivity index (χ0v) is 11.0. The van der Waals surface area contributed by atoms with Crippen LogP contribution in [-0.2, 0) is 0 Å². The van der Waals surface area contributed by atoms with E-state index in [1.54, 1.807) is 0 Å². The van der Waals surface area contributed by atoms with Crippen molar-refractivity contribution in [2.75, 3.05) is 0 Å². The lowest BCUT2D eigenvalue weighted by atomic mass is 10.2. The van der Waals surface area contributed by atoms with Gasteiger partial charge in [0.25, 0.3) is 0 Å². The number of aryl methyl sites for hydroxylation is 1. The molecule has 20 heavy (non-hydrogen) atoms. The molecular formula is C16H14N2O2. The summed E-state index contributed by atoms with van der Waals surface area (Å²) < 4.78 is 5.69. The third-order valence-electron chi connectivity index (χ3n) is 3.01. The Labute approximate surface area is 116 Å². The largest absolute Gasteiger partial charge is 0.453 e. The van der Waals surface area contributed by atoms with E-state index in [4.69, 9.17) is 4.42 Å². The monoisotopic (exact) mass is 266 g/mol. The number of rotatable bonds is 2. The molecule has 0 aliphatic rings. The molecule has 0 saturated carbocycles. The maximum Gasteiger partial charge on any atom is 0.193 e. The smallest absolute Gasteiger partial charge is 0.193 e. The highest BCUT2D eigenvalue weighted by atomic mass is 16.5. The van der Waals surface area contributed by atoms with Gasteiger partial charge in [-0.15, -0.1) is 0 Å². The summed E-state index contributed by atoms with van der Waals surface area (Å²) >= 11 is 0. The van der Waals surface area contributed by atoms with Crippen LogP contribution in [0, 0.1) is 6.92 Å². The maximum atomic E-state index is 9.28. The van der Waals surface area contributed by atoms with E-state index in [1.165, 1.54) is 0 Å². The molecule has 2 aromatic carbocycles. The molecule has 0 spiro atoms. The highest BCUT2D eigenvalue weighted by Crippen LogP contribution is 2.22. The minimum atomic E-state index is 0.282. The number of nitrogens with zero attached hydrogens (tertiary/aromatic N) is 1. The number of aliphatic imine (C=N–C) groups is 1. The normalized spacial score (nSPS) is 11.8. The van der Waals surface area contributed by atoms with E-state index in [-0.39, 0.29) is 5.84 Å². The van der Waals surface area contributed by atoms with Crippen LogP contribution in [0.3, 0.4) is 0 Å². The van der Waals surface area contributed by atoms with Gasteiger partial charge in [-0.1, -0.05) is 29.8 Å². The fourth-order valence-corrected chi connectivity index (χ4v) is 2.05. The average Bonchev–Trinajstić information content (AvgIpc) is 2.88. The average molecular weight is 266 g/mol. The fraction of sp³-hybridized carbons (Fsp3) is 0.0625. The minimum Gasteiger partial charge on any atom is -0.453 e. The summed E-state index contributed by atoms with van der Waals surface area (Å²) in [4.78, 5) is 4.33. The molecule has 0 saturated heterocycles. The molecule has 0 radical (unpaired) electrons. The van der Waals surface area contributed by atoms with Gasteiger partial charge in [0, 0.05) is 5.39 Å². The Morgan fingerprint density at radius 2 is 1.90 bits per heavy atom. The quantitative estimate of drug-likeness (QED) is 0.421. The van der Waals surface area contributed by atoms with E-state index in [2.05, 4.69) is 10.5 Å². The van der Waals surface area contributed by atoms with E-state index in [1.807, 2.05) is 61.5 Å². The molecule has 1 heterocycles. The second-order valence-electron chi connectivity index (χ2n) is 4.56. The van der Waals surface area contributed by atoms with Crippen LogP contribution >= 0.6 is 0 Å². The molecule has 0 aliphatic carbocycles. The van der Waals surface area contributed by atoms with Crippen molar-refractivity contribution in [3.63, 3.8) is 0 Å². The lowest BCUT2D eigenvalue weighted by Crippen LogP contribution is -2.19. The summed E-state index contributed by atoms with van der Waals surface area (Å²) in [5, 5.41) is 10.3. The molecule has 0 aliphatic heterocycles. The third-order valence-corrected chi connectivity index (χ3v) is 3.01. The van der Waals surface area contributed by atoms with Crippen molar-refractivity contribution in [2.45, 2.75) is 6.92 Å². The van der Waals surface area contributed by atoms with Crippen molar-refractivity contribution < 1.29 is 9.62 Å². The first-order valence-corrected chi connectivity index (χ1v) is 6.31. The van der Waals surface area contributed by atoms with Gasteiger partial charge >= 0.3 is 0 Å². The molecule has 3 aromatic rings. The number of hydroxylamine groups is 1. The van der Waals surface area contributed by atoms with Crippen molar-refractivity contribution in [1.82, 2.24) is 5.48 Å².